The number of ether oxygens (including phenoxy) is 1. The van der Waals surface area contributed by atoms with Gasteiger partial charge in [-0.15, -0.1) is 0 Å². The van der Waals surface area contributed by atoms with E-state index in [1.807, 2.05) is 12.1 Å². The lowest BCUT2D eigenvalue weighted by molar-refractivity contribution is -0.137. The largest absolute Gasteiger partial charge is 0.492 e. The van der Waals surface area contributed by atoms with Gasteiger partial charge < -0.3 is 15.4 Å². The Morgan fingerprint density at radius 3 is 2.43 bits per heavy atom. The summed E-state index contributed by atoms with van der Waals surface area (Å²) < 4.78 is 46.8. The first kappa shape index (κ1) is 20.2. The van der Waals surface area contributed by atoms with Gasteiger partial charge in [-0.25, -0.2) is 4.98 Å². The van der Waals surface area contributed by atoms with E-state index in [-0.39, 0.29) is 11.8 Å². The number of aromatic nitrogens is 2. The first-order valence-corrected chi connectivity index (χ1v) is 9.40. The van der Waals surface area contributed by atoms with Gasteiger partial charge in [0.05, 0.1) is 12.3 Å². The molecule has 0 aliphatic heterocycles. The molecule has 1 aromatic heterocycles. The van der Waals surface area contributed by atoms with Gasteiger partial charge in [-0.2, -0.15) is 18.2 Å². The zero-order valence-electron chi connectivity index (χ0n) is 14.7. The second-order valence-corrected chi connectivity index (χ2v) is 6.89. The summed E-state index contributed by atoms with van der Waals surface area (Å²) in [6.45, 7) is 2.18. The summed E-state index contributed by atoms with van der Waals surface area (Å²) >= 11 is 2.16. The number of hydrogen-bond acceptors (Lipinski definition) is 5. The molecule has 0 bridgehead atoms. The Hall–Kier alpha value is -2.56. The molecule has 0 saturated carbocycles. The Balaban J connectivity index is 1.96. The lowest BCUT2D eigenvalue weighted by atomic mass is 10.2. The molecule has 0 amide bonds. The Bertz CT molecular complexity index is 949. The number of nitrogens with zero attached hydrogens (tertiary/aromatic N) is 2. The van der Waals surface area contributed by atoms with Crippen LogP contribution in [0.3, 0.4) is 0 Å². The van der Waals surface area contributed by atoms with Crippen LogP contribution in [0.25, 0.3) is 0 Å². The molecule has 5 nitrogen and oxygen atoms in total. The van der Waals surface area contributed by atoms with Crippen molar-refractivity contribution in [2.24, 2.45) is 0 Å². The predicted octanol–water partition coefficient (Wildman–Crippen LogP) is 5.99. The fourth-order valence-corrected chi connectivity index (χ4v) is 2.75. The highest BCUT2D eigenvalue weighted by Crippen LogP contribution is 2.37. The minimum absolute atomic E-state index is 0.0469. The van der Waals surface area contributed by atoms with Crippen molar-refractivity contribution in [1.82, 2.24) is 9.97 Å². The van der Waals surface area contributed by atoms with Crippen LogP contribution in [0, 0.1) is 3.57 Å². The van der Waals surface area contributed by atoms with Gasteiger partial charge in [0, 0.05) is 15.5 Å². The Morgan fingerprint density at radius 1 is 1.04 bits per heavy atom. The summed E-state index contributed by atoms with van der Waals surface area (Å²) in [7, 11) is 0. The number of alkyl halides is 3. The smallest absolute Gasteiger partial charge is 0.421 e. The maximum atomic E-state index is 13.4. The topological polar surface area (TPSA) is 59.1 Å². The van der Waals surface area contributed by atoms with Crippen LogP contribution in [0.2, 0.25) is 0 Å². The lowest BCUT2D eigenvalue weighted by Gasteiger charge is -2.16. The maximum absolute atomic E-state index is 13.4. The van der Waals surface area contributed by atoms with E-state index in [1.54, 1.807) is 43.3 Å². The van der Waals surface area contributed by atoms with Crippen molar-refractivity contribution in [3.8, 4) is 5.75 Å². The summed E-state index contributed by atoms with van der Waals surface area (Å²) in [6.07, 6.45) is -3.85. The van der Waals surface area contributed by atoms with Crippen LogP contribution in [-0.2, 0) is 6.18 Å². The molecule has 2 N–H and O–H groups in total. The van der Waals surface area contributed by atoms with Crippen LogP contribution < -0.4 is 15.4 Å². The maximum Gasteiger partial charge on any atom is 0.421 e. The van der Waals surface area contributed by atoms with Crippen LogP contribution >= 0.6 is 22.6 Å². The number of anilines is 4. The molecule has 3 rings (SSSR count). The molecule has 0 radical (unpaired) electrons. The van der Waals surface area contributed by atoms with E-state index in [1.165, 1.54) is 0 Å². The van der Waals surface area contributed by atoms with Gasteiger partial charge in [-0.1, -0.05) is 12.1 Å². The minimum Gasteiger partial charge on any atom is -0.492 e. The van der Waals surface area contributed by atoms with Crippen molar-refractivity contribution in [3.63, 3.8) is 0 Å². The fraction of sp³-hybridized carbons (Fsp3) is 0.158. The predicted molar refractivity (Wildman–Crippen MR) is 110 cm³/mol. The number of hydrogen-bond donors (Lipinski definition) is 2. The van der Waals surface area contributed by atoms with Crippen LogP contribution in [-0.4, -0.2) is 16.6 Å². The fourth-order valence-electron chi connectivity index (χ4n) is 2.39. The van der Waals surface area contributed by atoms with Crippen molar-refractivity contribution >= 4 is 45.7 Å². The van der Waals surface area contributed by atoms with Crippen LogP contribution in [0.4, 0.5) is 36.3 Å². The molecule has 3 aromatic rings. The molecule has 0 fully saturated rings. The average molecular weight is 500 g/mol. The van der Waals surface area contributed by atoms with Crippen molar-refractivity contribution < 1.29 is 17.9 Å². The lowest BCUT2D eigenvalue weighted by Crippen LogP contribution is -2.13. The van der Waals surface area contributed by atoms with E-state index in [2.05, 4.69) is 43.2 Å². The molecule has 9 heteroatoms. The molecule has 28 heavy (non-hydrogen) atoms. The molecule has 0 aliphatic carbocycles. The zero-order valence-corrected chi connectivity index (χ0v) is 16.9. The van der Waals surface area contributed by atoms with Crippen LogP contribution in [0.15, 0.2) is 54.7 Å². The zero-order chi connectivity index (χ0) is 20.1. The number of halogens is 4. The number of nitrogens with one attached hydrogen (secondary N) is 2. The number of para-hydroxylation sites is 2. The van der Waals surface area contributed by atoms with Crippen molar-refractivity contribution in [2.75, 3.05) is 17.2 Å². The van der Waals surface area contributed by atoms with E-state index in [0.29, 0.717) is 23.7 Å². The number of rotatable bonds is 6. The van der Waals surface area contributed by atoms with Gasteiger partial charge in [0.15, 0.2) is 0 Å². The highest BCUT2D eigenvalue weighted by Gasteiger charge is 2.35. The van der Waals surface area contributed by atoms with Crippen molar-refractivity contribution in [3.05, 3.63) is 63.9 Å². The van der Waals surface area contributed by atoms with E-state index >= 15 is 0 Å². The summed E-state index contributed by atoms with van der Waals surface area (Å²) in [5.74, 6) is 0.122. The Labute approximate surface area is 173 Å². The summed E-state index contributed by atoms with van der Waals surface area (Å²) in [4.78, 5) is 7.85. The molecule has 2 aromatic carbocycles. The summed E-state index contributed by atoms with van der Waals surface area (Å²) in [5, 5.41) is 5.64. The van der Waals surface area contributed by atoms with Crippen LogP contribution in [0.1, 0.15) is 12.5 Å². The third-order valence-electron chi connectivity index (χ3n) is 3.63. The third-order valence-corrected chi connectivity index (χ3v) is 4.35. The normalized spacial score (nSPS) is 11.2. The third kappa shape index (κ3) is 5.03. The Kier molecular flexibility index (Phi) is 6.22. The minimum atomic E-state index is -4.61. The van der Waals surface area contributed by atoms with Gasteiger partial charge in [0.2, 0.25) is 5.95 Å². The highest BCUT2D eigenvalue weighted by molar-refractivity contribution is 14.1. The Morgan fingerprint density at radius 2 is 1.75 bits per heavy atom. The van der Waals surface area contributed by atoms with E-state index in [9.17, 15) is 13.2 Å². The molecule has 0 saturated heterocycles. The summed E-state index contributed by atoms with van der Waals surface area (Å²) in [5.41, 5.74) is 0.0848. The molecular weight excluding hydrogens is 484 g/mol. The van der Waals surface area contributed by atoms with Gasteiger partial charge >= 0.3 is 6.18 Å². The molecule has 146 valence electrons. The van der Waals surface area contributed by atoms with Gasteiger partial charge in [0.25, 0.3) is 0 Å². The van der Waals surface area contributed by atoms with Crippen LogP contribution in [0.5, 0.6) is 5.75 Å². The molecule has 0 unspecified atom stereocenters. The quantitative estimate of drug-likeness (QED) is 0.408. The SMILES string of the molecule is CCOc1ccccc1Nc1nc(Nc2ccc(I)cc2)ncc1C(F)(F)F. The number of benzene rings is 2. The average Bonchev–Trinajstić information content (AvgIpc) is 2.65. The first-order valence-electron chi connectivity index (χ1n) is 8.32. The van der Waals surface area contributed by atoms with E-state index in [0.717, 1.165) is 9.77 Å². The second-order valence-electron chi connectivity index (χ2n) is 5.64. The molecule has 0 aliphatic rings. The van der Waals surface area contributed by atoms with Gasteiger partial charge in [-0.3, -0.25) is 0 Å². The highest BCUT2D eigenvalue weighted by atomic mass is 127. The molecule has 1 heterocycles. The monoisotopic (exact) mass is 500 g/mol. The summed E-state index contributed by atoms with van der Waals surface area (Å²) in [6, 6.07) is 14.1. The van der Waals surface area contributed by atoms with E-state index in [4.69, 9.17) is 4.74 Å². The van der Waals surface area contributed by atoms with Gasteiger partial charge in [0.1, 0.15) is 17.1 Å². The first-order chi connectivity index (χ1) is 13.4. The molecular formula is C19H16F3IN4O. The second kappa shape index (κ2) is 8.63. The molecule has 0 spiro atoms. The molecule has 0 atom stereocenters. The van der Waals surface area contributed by atoms with Crippen molar-refractivity contribution in [2.45, 2.75) is 13.1 Å². The standard InChI is InChI=1S/C19H16F3IN4O/c1-2-28-16-6-4-3-5-15(16)26-17-14(19(20,21)22)11-24-18(27-17)25-13-9-7-12(23)8-10-13/h3-11H,2H2,1H3,(H2,24,25,26,27). The van der Waals surface area contributed by atoms with Crippen molar-refractivity contribution in [1.29, 1.82) is 0 Å². The van der Waals surface area contributed by atoms with E-state index < -0.39 is 11.7 Å². The van der Waals surface area contributed by atoms with Gasteiger partial charge in [-0.05, 0) is 65.9 Å².